The van der Waals surface area contributed by atoms with Crippen LogP contribution in [0.25, 0.3) is 22.6 Å². The van der Waals surface area contributed by atoms with Crippen LogP contribution in [-0.4, -0.2) is 24.4 Å². The highest BCUT2D eigenvalue weighted by Gasteiger charge is 2.18. The zero-order chi connectivity index (χ0) is 19.0. The normalized spacial score (nSPS) is 11.1. The van der Waals surface area contributed by atoms with Gasteiger partial charge in [0.2, 0.25) is 11.7 Å². The van der Waals surface area contributed by atoms with Crippen molar-refractivity contribution in [3.63, 3.8) is 0 Å². The van der Waals surface area contributed by atoms with Crippen molar-refractivity contribution >= 4 is 11.0 Å². The highest BCUT2D eigenvalue weighted by molar-refractivity contribution is 5.87. The van der Waals surface area contributed by atoms with Crippen molar-refractivity contribution in [3.05, 3.63) is 59.0 Å². The van der Waals surface area contributed by atoms with Gasteiger partial charge in [-0.1, -0.05) is 22.9 Å². The van der Waals surface area contributed by atoms with Gasteiger partial charge in [-0.15, -0.1) is 0 Å². The maximum Gasteiger partial charge on any atom is 0.238 e. The maximum absolute atomic E-state index is 5.95. The molecule has 27 heavy (non-hydrogen) atoms. The molecule has 0 fully saturated rings. The van der Waals surface area contributed by atoms with Crippen LogP contribution in [0.2, 0.25) is 0 Å². The SMILES string of the molecule is COc1ccc(Cc2nc(-c3oc4ccc(C)cc4c3C)no2)cc1OC. The topological polar surface area (TPSA) is 70.5 Å². The molecule has 138 valence electrons. The molecule has 6 heteroatoms. The average Bonchev–Trinajstić information content (AvgIpc) is 3.26. The lowest BCUT2D eigenvalue weighted by Gasteiger charge is -2.08. The third kappa shape index (κ3) is 3.14. The van der Waals surface area contributed by atoms with E-state index < -0.39 is 0 Å². The number of benzene rings is 2. The van der Waals surface area contributed by atoms with Gasteiger partial charge in [-0.25, -0.2) is 0 Å². The summed E-state index contributed by atoms with van der Waals surface area (Å²) in [6, 6.07) is 11.8. The van der Waals surface area contributed by atoms with Crippen LogP contribution in [0.15, 0.2) is 45.3 Å². The number of aryl methyl sites for hydroxylation is 2. The fraction of sp³-hybridized carbons (Fsp3) is 0.238. The Morgan fingerprint density at radius 3 is 2.56 bits per heavy atom. The van der Waals surface area contributed by atoms with Crippen molar-refractivity contribution in [2.75, 3.05) is 14.2 Å². The van der Waals surface area contributed by atoms with E-state index >= 15 is 0 Å². The largest absolute Gasteiger partial charge is 0.493 e. The third-order valence-electron chi connectivity index (χ3n) is 4.57. The van der Waals surface area contributed by atoms with Gasteiger partial charge in [0.15, 0.2) is 17.3 Å². The summed E-state index contributed by atoms with van der Waals surface area (Å²) in [5.41, 5.74) is 3.99. The third-order valence-corrected chi connectivity index (χ3v) is 4.57. The number of fused-ring (bicyclic) bond motifs is 1. The minimum Gasteiger partial charge on any atom is -0.493 e. The Morgan fingerprint density at radius 2 is 1.78 bits per heavy atom. The van der Waals surface area contributed by atoms with Crippen LogP contribution in [0.3, 0.4) is 0 Å². The van der Waals surface area contributed by atoms with Crippen LogP contribution in [-0.2, 0) is 6.42 Å². The summed E-state index contributed by atoms with van der Waals surface area (Å²) in [5, 5.41) is 5.17. The van der Waals surface area contributed by atoms with Crippen LogP contribution in [0.4, 0.5) is 0 Å². The Kier molecular flexibility index (Phi) is 4.32. The van der Waals surface area contributed by atoms with E-state index in [-0.39, 0.29) is 0 Å². The zero-order valence-corrected chi connectivity index (χ0v) is 15.7. The Morgan fingerprint density at radius 1 is 0.963 bits per heavy atom. The molecule has 6 nitrogen and oxygen atoms in total. The van der Waals surface area contributed by atoms with Gasteiger partial charge in [-0.3, -0.25) is 0 Å². The molecule has 0 aliphatic rings. The van der Waals surface area contributed by atoms with E-state index in [4.69, 9.17) is 18.4 Å². The molecule has 0 radical (unpaired) electrons. The highest BCUT2D eigenvalue weighted by Crippen LogP contribution is 2.32. The number of aromatic nitrogens is 2. The zero-order valence-electron chi connectivity index (χ0n) is 15.7. The first kappa shape index (κ1) is 17.1. The minimum atomic E-state index is 0.455. The number of hydrogen-bond acceptors (Lipinski definition) is 6. The predicted molar refractivity (Wildman–Crippen MR) is 101 cm³/mol. The summed E-state index contributed by atoms with van der Waals surface area (Å²) in [4.78, 5) is 4.51. The Balaban J connectivity index is 1.63. The molecule has 2 aromatic carbocycles. The number of ether oxygens (including phenoxy) is 2. The number of furan rings is 1. The molecule has 0 bridgehead atoms. The summed E-state index contributed by atoms with van der Waals surface area (Å²) >= 11 is 0. The fourth-order valence-corrected chi connectivity index (χ4v) is 3.13. The second-order valence-corrected chi connectivity index (χ2v) is 6.43. The molecular weight excluding hydrogens is 344 g/mol. The predicted octanol–water partition coefficient (Wildman–Crippen LogP) is 4.71. The number of rotatable bonds is 5. The first-order valence-corrected chi connectivity index (χ1v) is 8.62. The van der Waals surface area contributed by atoms with Crippen molar-refractivity contribution < 1.29 is 18.4 Å². The molecule has 0 N–H and O–H groups in total. The van der Waals surface area contributed by atoms with E-state index in [2.05, 4.69) is 23.1 Å². The van der Waals surface area contributed by atoms with Crippen molar-refractivity contribution in [3.8, 4) is 23.1 Å². The highest BCUT2D eigenvalue weighted by atomic mass is 16.5. The van der Waals surface area contributed by atoms with Crippen LogP contribution < -0.4 is 9.47 Å². The quantitative estimate of drug-likeness (QED) is 0.511. The van der Waals surface area contributed by atoms with Crippen molar-refractivity contribution in [1.82, 2.24) is 10.1 Å². The smallest absolute Gasteiger partial charge is 0.238 e. The molecule has 0 unspecified atom stereocenters. The van der Waals surface area contributed by atoms with Gasteiger partial charge >= 0.3 is 0 Å². The molecular formula is C21H20N2O4. The first-order valence-electron chi connectivity index (χ1n) is 8.62. The Labute approximate surface area is 156 Å². The van der Waals surface area contributed by atoms with E-state index in [0.717, 1.165) is 22.1 Å². The summed E-state index contributed by atoms with van der Waals surface area (Å²) in [6.45, 7) is 4.06. The molecule has 2 heterocycles. The van der Waals surface area contributed by atoms with Gasteiger partial charge in [0.25, 0.3) is 0 Å². The van der Waals surface area contributed by atoms with Crippen molar-refractivity contribution in [2.24, 2.45) is 0 Å². The molecule has 0 amide bonds. The molecule has 2 aromatic heterocycles. The monoisotopic (exact) mass is 364 g/mol. The lowest BCUT2D eigenvalue weighted by molar-refractivity contribution is 0.354. The summed E-state index contributed by atoms with van der Waals surface area (Å²) < 4.78 is 22.0. The first-order chi connectivity index (χ1) is 13.1. The molecule has 0 saturated heterocycles. The van der Waals surface area contributed by atoms with Gasteiger partial charge in [-0.05, 0) is 43.7 Å². The second kappa shape index (κ2) is 6.79. The van der Waals surface area contributed by atoms with E-state index in [0.29, 0.717) is 35.4 Å². The molecule has 0 saturated carbocycles. The summed E-state index contributed by atoms with van der Waals surface area (Å²) in [6.07, 6.45) is 0.492. The van der Waals surface area contributed by atoms with Crippen LogP contribution in [0.5, 0.6) is 11.5 Å². The lowest BCUT2D eigenvalue weighted by atomic mass is 10.1. The van der Waals surface area contributed by atoms with E-state index in [9.17, 15) is 0 Å². The maximum atomic E-state index is 5.95. The molecule has 0 spiro atoms. The molecule has 0 aliphatic carbocycles. The molecule has 4 rings (SSSR count). The second-order valence-electron chi connectivity index (χ2n) is 6.43. The summed E-state index contributed by atoms with van der Waals surface area (Å²) in [7, 11) is 3.22. The van der Waals surface area contributed by atoms with Crippen LogP contribution >= 0.6 is 0 Å². The van der Waals surface area contributed by atoms with Gasteiger partial charge < -0.3 is 18.4 Å². The molecule has 4 aromatic rings. The van der Waals surface area contributed by atoms with Crippen molar-refractivity contribution in [2.45, 2.75) is 20.3 Å². The molecule has 0 aliphatic heterocycles. The van der Waals surface area contributed by atoms with Gasteiger partial charge in [0.05, 0.1) is 20.6 Å². The van der Waals surface area contributed by atoms with E-state index in [1.54, 1.807) is 14.2 Å². The Hall–Kier alpha value is -3.28. The minimum absolute atomic E-state index is 0.455. The standard InChI is InChI=1S/C21H20N2O4/c1-12-5-7-16-15(9-12)13(2)20(26-16)21-22-19(27-23-21)11-14-6-8-17(24-3)18(10-14)25-4/h5-10H,11H2,1-4H3. The average molecular weight is 364 g/mol. The fourth-order valence-electron chi connectivity index (χ4n) is 3.13. The number of nitrogens with zero attached hydrogens (tertiary/aromatic N) is 2. The van der Waals surface area contributed by atoms with Crippen LogP contribution in [0.1, 0.15) is 22.6 Å². The van der Waals surface area contributed by atoms with E-state index in [1.807, 2.05) is 37.3 Å². The van der Waals surface area contributed by atoms with Gasteiger partial charge in [0.1, 0.15) is 5.58 Å². The van der Waals surface area contributed by atoms with Crippen LogP contribution in [0, 0.1) is 13.8 Å². The number of hydrogen-bond donors (Lipinski definition) is 0. The van der Waals surface area contributed by atoms with Crippen molar-refractivity contribution in [1.29, 1.82) is 0 Å². The number of methoxy groups -OCH3 is 2. The summed E-state index contributed by atoms with van der Waals surface area (Å²) in [5.74, 6) is 2.95. The Bertz CT molecular complexity index is 1110. The van der Waals surface area contributed by atoms with Gasteiger partial charge in [-0.2, -0.15) is 4.98 Å². The van der Waals surface area contributed by atoms with Gasteiger partial charge in [0, 0.05) is 10.9 Å². The van der Waals surface area contributed by atoms with E-state index in [1.165, 1.54) is 5.56 Å². The molecule has 0 atom stereocenters. The lowest BCUT2D eigenvalue weighted by Crippen LogP contribution is -1.94.